The minimum absolute atomic E-state index is 0.142. The van der Waals surface area contributed by atoms with E-state index in [1.807, 2.05) is 36.4 Å². The number of aliphatic imine (C=N–C) groups is 1. The molecule has 0 spiro atoms. The van der Waals surface area contributed by atoms with Gasteiger partial charge in [-0.3, -0.25) is 9.69 Å². The number of methoxy groups -OCH3 is 1. The van der Waals surface area contributed by atoms with Crippen molar-refractivity contribution in [3.8, 4) is 11.5 Å². The minimum Gasteiger partial charge on any atom is -0.493 e. The van der Waals surface area contributed by atoms with Crippen LogP contribution < -0.4 is 9.47 Å². The van der Waals surface area contributed by atoms with Crippen LogP contribution in [-0.2, 0) is 17.9 Å². The molecular weight excluding hydrogens is 623 g/mol. The number of benzene rings is 4. The molecule has 0 aliphatic carbocycles. The van der Waals surface area contributed by atoms with Gasteiger partial charge in [0, 0.05) is 0 Å². The second-order valence-corrected chi connectivity index (χ2v) is 11.1. The zero-order valence-corrected chi connectivity index (χ0v) is 24.7. The molecule has 10 heteroatoms. The molecule has 0 unspecified atom stereocenters. The monoisotopic (exact) mass is 646 g/mol. The van der Waals surface area contributed by atoms with Crippen LogP contribution in [0.2, 0.25) is 0 Å². The van der Waals surface area contributed by atoms with Crippen LogP contribution in [0, 0.1) is 5.82 Å². The molecule has 212 valence electrons. The Kier molecular flexibility index (Phi) is 9.04. The number of halogens is 2. The largest absolute Gasteiger partial charge is 0.493 e. The van der Waals surface area contributed by atoms with Crippen LogP contribution in [0.15, 0.2) is 105 Å². The number of carbonyl (C=O) groups excluding carboxylic acids is 1. The average molecular weight is 648 g/mol. The summed E-state index contributed by atoms with van der Waals surface area (Å²) in [5.74, 6) is -0.704. The molecule has 1 aliphatic heterocycles. The Morgan fingerprint density at radius 2 is 1.79 bits per heavy atom. The molecule has 0 bridgehead atoms. The van der Waals surface area contributed by atoms with E-state index >= 15 is 0 Å². The Morgan fingerprint density at radius 3 is 2.48 bits per heavy atom. The second-order valence-electron chi connectivity index (χ2n) is 9.19. The van der Waals surface area contributed by atoms with Gasteiger partial charge >= 0.3 is 5.97 Å². The number of carbonyl (C=O) groups is 2. The fourth-order valence-corrected chi connectivity index (χ4v) is 5.75. The first kappa shape index (κ1) is 29.1. The van der Waals surface area contributed by atoms with E-state index in [-0.39, 0.29) is 30.4 Å². The van der Waals surface area contributed by atoms with Crippen molar-refractivity contribution in [2.75, 3.05) is 7.11 Å². The zero-order chi connectivity index (χ0) is 29.6. The molecule has 4 aromatic rings. The van der Waals surface area contributed by atoms with Crippen molar-refractivity contribution in [1.29, 1.82) is 0 Å². The van der Waals surface area contributed by atoms with Gasteiger partial charge in [-0.2, -0.15) is 0 Å². The van der Waals surface area contributed by atoms with E-state index in [9.17, 15) is 19.1 Å². The van der Waals surface area contributed by atoms with Crippen LogP contribution in [0.3, 0.4) is 0 Å². The van der Waals surface area contributed by atoms with Crippen LogP contribution >= 0.6 is 27.7 Å². The highest BCUT2D eigenvalue weighted by Gasteiger charge is 2.33. The van der Waals surface area contributed by atoms with E-state index in [0.717, 1.165) is 5.56 Å². The van der Waals surface area contributed by atoms with Gasteiger partial charge in [0.1, 0.15) is 12.4 Å². The number of amides is 1. The summed E-state index contributed by atoms with van der Waals surface area (Å²) in [6.07, 6.45) is 1.75. The summed E-state index contributed by atoms with van der Waals surface area (Å²) in [6, 6.07) is 25.5. The minimum atomic E-state index is -1.02. The third-order valence-electron chi connectivity index (χ3n) is 6.23. The molecule has 7 nitrogen and oxygen atoms in total. The number of thioether (sulfide) groups is 1. The lowest BCUT2D eigenvalue weighted by atomic mass is 10.1. The van der Waals surface area contributed by atoms with Gasteiger partial charge in [-0.05, 0) is 99.0 Å². The summed E-state index contributed by atoms with van der Waals surface area (Å²) in [4.78, 5) is 31.6. The normalized spacial score (nSPS) is 14.9. The SMILES string of the molecule is COc1cc(/C=C2\SC(=Nc3ccccc3)N(Cc3ccc(C(=O)O)cc3)C2=O)cc(Br)c1OCc1cccc(F)c1. The molecule has 4 aromatic carbocycles. The average Bonchev–Trinajstić information content (AvgIpc) is 3.26. The number of rotatable bonds is 9. The third-order valence-corrected chi connectivity index (χ3v) is 7.83. The highest BCUT2D eigenvalue weighted by Crippen LogP contribution is 2.40. The number of ether oxygens (including phenoxy) is 2. The van der Waals surface area contributed by atoms with E-state index in [2.05, 4.69) is 15.9 Å². The molecule has 5 rings (SSSR count). The third kappa shape index (κ3) is 6.89. The molecule has 1 heterocycles. The molecule has 0 aromatic heterocycles. The molecule has 1 aliphatic rings. The number of aromatic carboxylic acids is 1. The maximum atomic E-state index is 13.6. The van der Waals surface area contributed by atoms with Gasteiger partial charge in [0.2, 0.25) is 0 Å². The lowest BCUT2D eigenvalue weighted by Crippen LogP contribution is -2.28. The van der Waals surface area contributed by atoms with E-state index in [1.54, 1.807) is 41.3 Å². The zero-order valence-electron chi connectivity index (χ0n) is 22.3. The number of carboxylic acid groups (broad SMARTS) is 1. The number of hydrogen-bond acceptors (Lipinski definition) is 6. The predicted octanol–water partition coefficient (Wildman–Crippen LogP) is 7.68. The number of amidine groups is 1. The Hall–Kier alpha value is -4.41. The standard InChI is InChI=1S/C32H24BrFN2O5S/c1-40-27-16-22(15-26(33)29(27)41-19-21-6-5-7-24(34)14-21)17-28-30(37)36(18-20-10-12-23(13-11-20)31(38)39)32(42-28)35-25-8-3-2-4-9-25/h2-17H,18-19H2,1H3,(H,38,39)/b28-17-,35-32?. The van der Waals surface area contributed by atoms with Gasteiger partial charge in [-0.1, -0.05) is 42.5 Å². The van der Waals surface area contributed by atoms with Crippen molar-refractivity contribution in [2.45, 2.75) is 13.2 Å². The van der Waals surface area contributed by atoms with Crippen molar-refractivity contribution in [3.63, 3.8) is 0 Å². The molecule has 42 heavy (non-hydrogen) atoms. The summed E-state index contributed by atoms with van der Waals surface area (Å²) in [5, 5.41) is 9.72. The molecule has 0 atom stereocenters. The Labute approximate surface area is 254 Å². The lowest BCUT2D eigenvalue weighted by molar-refractivity contribution is -0.122. The van der Waals surface area contributed by atoms with E-state index < -0.39 is 5.97 Å². The van der Waals surface area contributed by atoms with Gasteiger partial charge in [0.25, 0.3) is 5.91 Å². The molecule has 1 N–H and O–H groups in total. The lowest BCUT2D eigenvalue weighted by Gasteiger charge is -2.16. The molecule has 0 radical (unpaired) electrons. The van der Waals surface area contributed by atoms with E-state index in [0.29, 0.717) is 42.9 Å². The Bertz CT molecular complexity index is 1690. The van der Waals surface area contributed by atoms with Gasteiger partial charge in [0.05, 0.1) is 34.3 Å². The first-order valence-electron chi connectivity index (χ1n) is 12.7. The molecule has 1 fully saturated rings. The Morgan fingerprint density at radius 1 is 1.02 bits per heavy atom. The number of para-hydroxylation sites is 1. The van der Waals surface area contributed by atoms with Crippen molar-refractivity contribution in [2.24, 2.45) is 4.99 Å². The van der Waals surface area contributed by atoms with Crippen LogP contribution in [0.25, 0.3) is 6.08 Å². The summed E-state index contributed by atoms with van der Waals surface area (Å²) in [6.45, 7) is 0.359. The maximum Gasteiger partial charge on any atom is 0.335 e. The maximum absolute atomic E-state index is 13.6. The van der Waals surface area contributed by atoms with Gasteiger partial charge in [-0.15, -0.1) is 0 Å². The molecule has 1 saturated heterocycles. The number of carboxylic acids is 1. The highest BCUT2D eigenvalue weighted by molar-refractivity contribution is 9.10. The second kappa shape index (κ2) is 13.1. The van der Waals surface area contributed by atoms with Crippen molar-refractivity contribution in [3.05, 3.63) is 128 Å². The predicted molar refractivity (Wildman–Crippen MR) is 164 cm³/mol. The van der Waals surface area contributed by atoms with Gasteiger partial charge in [0.15, 0.2) is 16.7 Å². The van der Waals surface area contributed by atoms with Crippen LogP contribution in [0.5, 0.6) is 11.5 Å². The van der Waals surface area contributed by atoms with E-state index in [4.69, 9.17) is 14.5 Å². The topological polar surface area (TPSA) is 88.4 Å². The van der Waals surface area contributed by atoms with E-state index in [1.165, 1.54) is 43.1 Å². The summed E-state index contributed by atoms with van der Waals surface area (Å²) in [5.41, 5.74) is 3.00. The highest BCUT2D eigenvalue weighted by atomic mass is 79.9. The Balaban J connectivity index is 1.43. The first-order valence-corrected chi connectivity index (χ1v) is 14.3. The number of nitrogens with zero attached hydrogens (tertiary/aromatic N) is 2. The quantitative estimate of drug-likeness (QED) is 0.188. The molecule has 1 amide bonds. The summed E-state index contributed by atoms with van der Waals surface area (Å²) >= 11 is 4.79. The van der Waals surface area contributed by atoms with Crippen LogP contribution in [0.4, 0.5) is 10.1 Å². The van der Waals surface area contributed by atoms with Crippen molar-refractivity contribution >= 4 is 56.5 Å². The molecule has 0 saturated carbocycles. The summed E-state index contributed by atoms with van der Waals surface area (Å²) < 4.78 is 25.7. The van der Waals surface area contributed by atoms with Crippen molar-refractivity contribution in [1.82, 2.24) is 4.90 Å². The van der Waals surface area contributed by atoms with Gasteiger partial charge < -0.3 is 14.6 Å². The smallest absolute Gasteiger partial charge is 0.335 e. The summed E-state index contributed by atoms with van der Waals surface area (Å²) in [7, 11) is 1.52. The number of hydrogen-bond donors (Lipinski definition) is 1. The van der Waals surface area contributed by atoms with Crippen LogP contribution in [0.1, 0.15) is 27.0 Å². The fourth-order valence-electron chi connectivity index (χ4n) is 4.18. The van der Waals surface area contributed by atoms with Gasteiger partial charge in [-0.25, -0.2) is 14.2 Å². The fraction of sp³-hybridized carbons (Fsp3) is 0.0938. The first-order chi connectivity index (χ1) is 20.3. The van der Waals surface area contributed by atoms with Crippen molar-refractivity contribution < 1.29 is 28.6 Å². The molecular formula is C32H24BrFN2O5S. The van der Waals surface area contributed by atoms with Crippen LogP contribution in [-0.4, -0.2) is 34.2 Å².